The number of rotatable bonds is 26. The zero-order valence-electron chi connectivity index (χ0n) is 26.5. The maximum Gasteiger partial charge on any atom is 0.340 e. The molecule has 40 heavy (non-hydrogen) atoms. The first-order chi connectivity index (χ1) is 19.4. The third-order valence-electron chi connectivity index (χ3n) is 6.31. The van der Waals surface area contributed by atoms with Crippen molar-refractivity contribution in [1.82, 2.24) is 20.7 Å². The molecule has 0 amide bonds. The molecule has 0 radical (unpaired) electrons. The van der Waals surface area contributed by atoms with Gasteiger partial charge in [0.05, 0.1) is 39.6 Å². The van der Waals surface area contributed by atoms with Gasteiger partial charge < -0.3 is 15.2 Å². The third-order valence-corrected chi connectivity index (χ3v) is 6.31. The number of nitrogens with zero attached hydrogens (tertiary/aromatic N) is 4. The lowest BCUT2D eigenvalue weighted by Gasteiger charge is -2.56. The van der Waals surface area contributed by atoms with Crippen LogP contribution >= 0.6 is 0 Å². The van der Waals surface area contributed by atoms with E-state index in [1.807, 2.05) is 0 Å². The van der Waals surface area contributed by atoms with Crippen molar-refractivity contribution in [3.05, 3.63) is 0 Å². The topological polar surface area (TPSA) is 116 Å². The minimum atomic E-state index is -1.67. The number of hydrogen-bond donors (Lipinski definition) is 2. The van der Waals surface area contributed by atoms with Gasteiger partial charge >= 0.3 is 11.9 Å². The molecule has 0 saturated heterocycles. The van der Waals surface area contributed by atoms with Gasteiger partial charge in [-0.25, -0.2) is 0 Å². The van der Waals surface area contributed by atoms with Crippen LogP contribution in [0.1, 0.15) is 119 Å². The van der Waals surface area contributed by atoms with Crippen molar-refractivity contribution >= 4 is 5.96 Å². The van der Waals surface area contributed by atoms with Crippen LogP contribution in [0.5, 0.6) is 0 Å². The fraction of sp³-hybridized carbons (Fsp3) is 0.964. The average Bonchev–Trinajstić information content (AvgIpc) is 2.94. The first kappa shape index (κ1) is 36.9. The Morgan fingerprint density at radius 2 is 1.20 bits per heavy atom. The summed E-state index contributed by atoms with van der Waals surface area (Å²) < 4.78 is 13.2. The predicted molar refractivity (Wildman–Crippen MR) is 157 cm³/mol. The summed E-state index contributed by atoms with van der Waals surface area (Å²) >= 11 is 0. The highest BCUT2D eigenvalue weighted by molar-refractivity contribution is 5.78. The summed E-state index contributed by atoms with van der Waals surface area (Å²) in [5.74, 6) is -3.24. The van der Waals surface area contributed by atoms with Gasteiger partial charge in [0.1, 0.15) is 0 Å². The molecule has 0 aromatic carbocycles. The quantitative estimate of drug-likeness (QED) is 0.0802. The summed E-state index contributed by atoms with van der Waals surface area (Å²) in [4.78, 5) is 29.8. The van der Waals surface area contributed by atoms with Gasteiger partial charge in [0, 0.05) is 7.05 Å². The molecule has 1 aliphatic rings. The van der Waals surface area contributed by atoms with E-state index in [0.29, 0.717) is 39.6 Å². The molecule has 2 atom stereocenters. The van der Waals surface area contributed by atoms with E-state index in [9.17, 15) is 0 Å². The molecule has 1 rings (SSSR count). The fourth-order valence-electron chi connectivity index (χ4n) is 3.75. The van der Waals surface area contributed by atoms with Gasteiger partial charge in [0.2, 0.25) is 5.96 Å². The van der Waals surface area contributed by atoms with Crippen LogP contribution in [0.2, 0.25) is 0 Å². The minimum absolute atomic E-state index is 0.0528. The lowest BCUT2D eigenvalue weighted by Crippen LogP contribution is -2.82. The molecule has 0 bridgehead atoms. The summed E-state index contributed by atoms with van der Waals surface area (Å²) in [5, 5.41) is 4.58. The average molecular weight is 577 g/mol. The summed E-state index contributed by atoms with van der Waals surface area (Å²) in [6.07, 6.45) is 10.7. The molecule has 0 spiro atoms. The van der Waals surface area contributed by atoms with Crippen LogP contribution < -0.4 is 11.2 Å². The predicted octanol–water partition coefficient (Wildman–Crippen LogP) is 5.22. The van der Waals surface area contributed by atoms with E-state index < -0.39 is 11.9 Å². The molecule has 1 aliphatic heterocycles. The minimum Gasteiger partial charge on any atom is -0.368 e. The number of unbranched alkanes of at least 4 members (excludes halogenated alkanes) is 6. The van der Waals surface area contributed by atoms with Crippen LogP contribution in [0.15, 0.2) is 4.99 Å². The molecule has 2 unspecified atom stereocenters. The monoisotopic (exact) mass is 576 g/mol. The molecule has 0 fully saturated rings. The molecule has 12 nitrogen and oxygen atoms in total. The van der Waals surface area contributed by atoms with Crippen LogP contribution in [-0.2, 0) is 28.8 Å². The summed E-state index contributed by atoms with van der Waals surface area (Å²) in [6.45, 7) is 15.1. The Morgan fingerprint density at radius 1 is 0.700 bits per heavy atom. The number of ether oxygens (including phenoxy) is 2. The molecular formula is C28H60N6O6. The van der Waals surface area contributed by atoms with E-state index in [2.05, 4.69) is 47.0 Å². The van der Waals surface area contributed by atoms with Gasteiger partial charge in [0.15, 0.2) is 0 Å². The van der Waals surface area contributed by atoms with E-state index in [0.717, 1.165) is 77.0 Å². The fourth-order valence-corrected chi connectivity index (χ4v) is 3.75. The van der Waals surface area contributed by atoms with Crippen molar-refractivity contribution in [2.75, 3.05) is 46.7 Å². The number of nitrogens with two attached hydrogens (primary N) is 1. The maximum atomic E-state index is 6.72. The van der Waals surface area contributed by atoms with Crippen LogP contribution in [0.3, 0.4) is 0 Å². The molecule has 1 heterocycles. The summed E-state index contributed by atoms with van der Waals surface area (Å²) in [7, 11) is 1.79. The Morgan fingerprint density at radius 3 is 1.80 bits per heavy atom. The van der Waals surface area contributed by atoms with Crippen molar-refractivity contribution in [2.24, 2.45) is 10.7 Å². The molecule has 0 aromatic rings. The molecule has 12 heteroatoms. The Bertz CT molecular complexity index is 663. The van der Waals surface area contributed by atoms with E-state index in [1.165, 1.54) is 10.1 Å². The smallest absolute Gasteiger partial charge is 0.340 e. The van der Waals surface area contributed by atoms with Crippen LogP contribution in [0.4, 0.5) is 0 Å². The number of aliphatic imine (C=N–C) groups is 1. The van der Waals surface area contributed by atoms with E-state index in [1.54, 1.807) is 12.1 Å². The SMILES string of the molecule is CCCCONC1(OCCCC)N=C(N)N(OCCCC)C(OCCCC)(N(C)OCCCC)N1OCCCC. The normalized spacial score (nSPS) is 21.9. The lowest BCUT2D eigenvalue weighted by atomic mass is 10.3. The maximum absolute atomic E-state index is 6.72. The van der Waals surface area contributed by atoms with Crippen molar-refractivity contribution in [3.63, 3.8) is 0 Å². The van der Waals surface area contributed by atoms with Gasteiger partial charge in [0.25, 0.3) is 0 Å². The summed E-state index contributed by atoms with van der Waals surface area (Å²) in [5.41, 5.74) is 9.75. The second-order valence-corrected chi connectivity index (χ2v) is 10.0. The molecule has 0 saturated carbocycles. The molecule has 0 aromatic heterocycles. The van der Waals surface area contributed by atoms with Crippen molar-refractivity contribution < 1.29 is 28.8 Å². The summed E-state index contributed by atoms with van der Waals surface area (Å²) in [6, 6.07) is 0. The van der Waals surface area contributed by atoms with Crippen LogP contribution in [0.25, 0.3) is 0 Å². The number of hydroxylamine groups is 7. The zero-order chi connectivity index (χ0) is 29.7. The van der Waals surface area contributed by atoms with Crippen molar-refractivity contribution in [1.29, 1.82) is 0 Å². The van der Waals surface area contributed by atoms with E-state index in [-0.39, 0.29) is 5.96 Å². The Labute approximate surface area is 243 Å². The first-order valence-electron chi connectivity index (χ1n) is 15.7. The third kappa shape index (κ3) is 11.0. The number of guanidine groups is 1. The van der Waals surface area contributed by atoms with Gasteiger partial charge in [-0.05, 0) is 38.5 Å². The van der Waals surface area contributed by atoms with Gasteiger partial charge in [-0.1, -0.05) is 85.1 Å². The Hall–Kier alpha value is -1.09. The number of nitrogens with one attached hydrogen (secondary N) is 1. The van der Waals surface area contributed by atoms with E-state index >= 15 is 0 Å². The largest absolute Gasteiger partial charge is 0.368 e. The Kier molecular flexibility index (Phi) is 19.9. The Balaban J connectivity index is 3.79. The molecular weight excluding hydrogens is 516 g/mol. The zero-order valence-corrected chi connectivity index (χ0v) is 26.5. The lowest BCUT2D eigenvalue weighted by molar-refractivity contribution is -0.547. The van der Waals surface area contributed by atoms with Crippen molar-refractivity contribution in [3.8, 4) is 0 Å². The number of hydrogen-bond acceptors (Lipinski definition) is 12. The first-order valence-corrected chi connectivity index (χ1v) is 15.7. The van der Waals surface area contributed by atoms with Crippen molar-refractivity contribution in [2.45, 2.75) is 131 Å². The molecule has 3 N–H and O–H groups in total. The second-order valence-electron chi connectivity index (χ2n) is 10.0. The van der Waals surface area contributed by atoms with Crippen LogP contribution in [-0.4, -0.2) is 79.8 Å². The highest BCUT2D eigenvalue weighted by Gasteiger charge is 2.65. The highest BCUT2D eigenvalue weighted by atomic mass is 16.9. The molecule has 238 valence electrons. The van der Waals surface area contributed by atoms with E-state index in [4.69, 9.17) is 39.6 Å². The van der Waals surface area contributed by atoms with Gasteiger partial charge in [-0.15, -0.1) is 10.5 Å². The van der Waals surface area contributed by atoms with Crippen LogP contribution in [0, 0.1) is 0 Å². The highest BCUT2D eigenvalue weighted by Crippen LogP contribution is 2.39. The standard InChI is InChI=1S/C28H60N6O6/c1-8-14-20-35-27(31-37-22-16-10-3)30-26(29)33(39-24-18-12-5)28(36-21-15-9-2,32(7)38-23-17-11-4)34(27)40-25-19-13-6/h31H,8-25H2,1-7H3,(H2,29,30). The second kappa shape index (κ2) is 21.6. The molecule has 0 aliphatic carbocycles. The van der Waals surface area contributed by atoms with Gasteiger partial charge in [-0.2, -0.15) is 10.1 Å². The van der Waals surface area contributed by atoms with Gasteiger partial charge in [-0.3, -0.25) is 19.4 Å².